The van der Waals surface area contributed by atoms with Crippen molar-refractivity contribution in [3.63, 3.8) is 0 Å². The maximum Gasteiger partial charge on any atom is 0.122 e. The highest BCUT2D eigenvalue weighted by molar-refractivity contribution is 5.38. The monoisotopic (exact) mass is 206 g/mol. The van der Waals surface area contributed by atoms with Gasteiger partial charge in [-0.15, -0.1) is 0 Å². The molecule has 1 rings (SSSR count). The molecule has 0 aliphatic heterocycles. The van der Waals surface area contributed by atoms with Crippen molar-refractivity contribution in [1.82, 2.24) is 0 Å². The second-order valence-electron chi connectivity index (χ2n) is 4.90. The van der Waals surface area contributed by atoms with E-state index >= 15 is 0 Å². The van der Waals surface area contributed by atoms with Gasteiger partial charge >= 0.3 is 0 Å². The molecule has 0 saturated heterocycles. The summed E-state index contributed by atoms with van der Waals surface area (Å²) in [4.78, 5) is 0. The molecule has 1 nitrogen and oxygen atoms in total. The molecule has 1 heteroatoms. The van der Waals surface area contributed by atoms with Gasteiger partial charge in [-0.05, 0) is 30.4 Å². The van der Waals surface area contributed by atoms with Crippen LogP contribution in [0.2, 0.25) is 0 Å². The van der Waals surface area contributed by atoms with Crippen LogP contribution in [0.1, 0.15) is 44.7 Å². The number of hydrogen-bond donors (Lipinski definition) is 0. The molecule has 0 aliphatic rings. The van der Waals surface area contributed by atoms with Gasteiger partial charge in [0, 0.05) is 0 Å². The largest absolute Gasteiger partial charge is 0.493 e. The van der Waals surface area contributed by atoms with Crippen LogP contribution in [0.4, 0.5) is 0 Å². The molecular weight excluding hydrogens is 184 g/mol. The Labute approximate surface area is 93.5 Å². The number of rotatable bonds is 4. The minimum Gasteiger partial charge on any atom is -0.493 e. The maximum absolute atomic E-state index is 5.81. The summed E-state index contributed by atoms with van der Waals surface area (Å²) >= 11 is 0. The highest BCUT2D eigenvalue weighted by atomic mass is 16.5. The zero-order valence-corrected chi connectivity index (χ0v) is 10.5. The summed E-state index contributed by atoms with van der Waals surface area (Å²) in [5.41, 5.74) is 2.62. The molecule has 0 heterocycles. The third-order valence-electron chi connectivity index (χ3n) is 2.36. The van der Waals surface area contributed by atoms with Gasteiger partial charge in [0.2, 0.25) is 0 Å². The van der Waals surface area contributed by atoms with Gasteiger partial charge in [0.15, 0.2) is 0 Å². The fourth-order valence-corrected chi connectivity index (χ4v) is 1.51. The third-order valence-corrected chi connectivity index (χ3v) is 2.36. The molecule has 1 aromatic carbocycles. The number of ether oxygens (including phenoxy) is 1. The fourth-order valence-electron chi connectivity index (χ4n) is 1.51. The average Bonchev–Trinajstić information content (AvgIpc) is 2.15. The molecule has 0 aliphatic carbocycles. The van der Waals surface area contributed by atoms with Crippen LogP contribution >= 0.6 is 0 Å². The molecule has 0 radical (unpaired) electrons. The van der Waals surface area contributed by atoms with Gasteiger partial charge in [0.05, 0.1) is 6.61 Å². The molecule has 0 saturated carbocycles. The summed E-state index contributed by atoms with van der Waals surface area (Å²) < 4.78 is 5.81. The van der Waals surface area contributed by atoms with Crippen molar-refractivity contribution in [1.29, 1.82) is 0 Å². The van der Waals surface area contributed by atoms with E-state index < -0.39 is 0 Å². The van der Waals surface area contributed by atoms with Crippen LogP contribution < -0.4 is 4.74 Å². The second kappa shape index (κ2) is 5.20. The van der Waals surface area contributed by atoms with Crippen LogP contribution in [0.3, 0.4) is 0 Å². The summed E-state index contributed by atoms with van der Waals surface area (Å²) in [7, 11) is 0. The van der Waals surface area contributed by atoms with Crippen molar-refractivity contribution in [3.8, 4) is 5.75 Å². The zero-order chi connectivity index (χ0) is 11.4. The highest BCUT2D eigenvalue weighted by Crippen LogP contribution is 2.27. The Kier molecular flexibility index (Phi) is 4.19. The van der Waals surface area contributed by atoms with E-state index in [-0.39, 0.29) is 0 Å². The lowest BCUT2D eigenvalue weighted by Gasteiger charge is -2.16. The van der Waals surface area contributed by atoms with Gasteiger partial charge in [-0.2, -0.15) is 0 Å². The molecule has 0 spiro atoms. The maximum atomic E-state index is 5.81. The predicted molar refractivity (Wildman–Crippen MR) is 65.6 cm³/mol. The lowest BCUT2D eigenvalue weighted by atomic mass is 10.00. The molecule has 0 bridgehead atoms. The van der Waals surface area contributed by atoms with E-state index in [9.17, 15) is 0 Å². The van der Waals surface area contributed by atoms with Crippen LogP contribution in [0.25, 0.3) is 0 Å². The van der Waals surface area contributed by atoms with E-state index in [4.69, 9.17) is 4.74 Å². The minimum atomic E-state index is 0.520. The predicted octanol–water partition coefficient (Wildman–Crippen LogP) is 4.15. The molecule has 15 heavy (non-hydrogen) atoms. The van der Waals surface area contributed by atoms with Crippen LogP contribution in [0.15, 0.2) is 18.2 Å². The minimum absolute atomic E-state index is 0.520. The van der Waals surface area contributed by atoms with E-state index in [1.54, 1.807) is 0 Å². The molecule has 1 aromatic rings. The molecule has 0 fully saturated rings. The lowest BCUT2D eigenvalue weighted by Crippen LogP contribution is -2.06. The first-order valence-electron chi connectivity index (χ1n) is 5.74. The van der Waals surface area contributed by atoms with Crippen LogP contribution in [-0.2, 0) is 0 Å². The Morgan fingerprint density at radius 2 is 1.80 bits per heavy atom. The van der Waals surface area contributed by atoms with E-state index in [1.807, 2.05) is 0 Å². The molecule has 0 aromatic heterocycles. The normalized spacial score (nSPS) is 11.1. The highest BCUT2D eigenvalue weighted by Gasteiger charge is 2.08. The van der Waals surface area contributed by atoms with Gasteiger partial charge < -0.3 is 4.74 Å². The van der Waals surface area contributed by atoms with Gasteiger partial charge in [0.1, 0.15) is 5.75 Å². The molecule has 84 valence electrons. The van der Waals surface area contributed by atoms with Gasteiger partial charge in [0.25, 0.3) is 0 Å². The summed E-state index contributed by atoms with van der Waals surface area (Å²) in [6.07, 6.45) is 0. The summed E-state index contributed by atoms with van der Waals surface area (Å²) in [5, 5.41) is 0. The van der Waals surface area contributed by atoms with Crippen molar-refractivity contribution in [2.75, 3.05) is 6.61 Å². The quantitative estimate of drug-likeness (QED) is 0.719. The fraction of sp³-hybridized carbons (Fsp3) is 0.571. The van der Waals surface area contributed by atoms with Crippen molar-refractivity contribution in [2.45, 2.75) is 40.5 Å². The van der Waals surface area contributed by atoms with Crippen molar-refractivity contribution >= 4 is 0 Å². The third kappa shape index (κ3) is 3.58. The summed E-state index contributed by atoms with van der Waals surface area (Å²) in [5.74, 6) is 2.14. The van der Waals surface area contributed by atoms with E-state index in [1.165, 1.54) is 11.1 Å². The van der Waals surface area contributed by atoms with Crippen molar-refractivity contribution in [2.24, 2.45) is 5.92 Å². The van der Waals surface area contributed by atoms with Crippen molar-refractivity contribution < 1.29 is 4.74 Å². The number of hydrogen-bond acceptors (Lipinski definition) is 1. The summed E-state index contributed by atoms with van der Waals surface area (Å²) in [6.45, 7) is 11.7. The Bertz CT molecular complexity index is 313. The van der Waals surface area contributed by atoms with E-state index in [2.05, 4.69) is 52.8 Å². The van der Waals surface area contributed by atoms with Crippen LogP contribution in [0, 0.1) is 12.8 Å². The summed E-state index contributed by atoms with van der Waals surface area (Å²) in [6, 6.07) is 6.43. The standard InChI is InChI=1S/C14H22O/c1-10(2)9-15-14-7-6-12(5)8-13(14)11(3)4/h6-8,10-11H,9H2,1-5H3. The molecule has 0 atom stereocenters. The Morgan fingerprint density at radius 1 is 1.13 bits per heavy atom. The first-order chi connectivity index (χ1) is 7.00. The molecule has 0 amide bonds. The number of aryl methyl sites for hydroxylation is 1. The topological polar surface area (TPSA) is 9.23 Å². The Morgan fingerprint density at radius 3 is 2.33 bits per heavy atom. The van der Waals surface area contributed by atoms with E-state index in [0.717, 1.165) is 12.4 Å². The number of benzene rings is 1. The molecular formula is C14H22O. The van der Waals surface area contributed by atoms with E-state index in [0.29, 0.717) is 11.8 Å². The first-order valence-corrected chi connectivity index (χ1v) is 5.74. The smallest absolute Gasteiger partial charge is 0.122 e. The Hall–Kier alpha value is -0.980. The second-order valence-corrected chi connectivity index (χ2v) is 4.90. The van der Waals surface area contributed by atoms with Crippen LogP contribution in [-0.4, -0.2) is 6.61 Å². The molecule has 0 N–H and O–H groups in total. The SMILES string of the molecule is Cc1ccc(OCC(C)C)c(C(C)C)c1. The zero-order valence-electron chi connectivity index (χ0n) is 10.5. The van der Waals surface area contributed by atoms with Gasteiger partial charge in [-0.3, -0.25) is 0 Å². The lowest BCUT2D eigenvalue weighted by molar-refractivity contribution is 0.267. The van der Waals surface area contributed by atoms with Crippen molar-refractivity contribution in [3.05, 3.63) is 29.3 Å². The average molecular weight is 206 g/mol. The van der Waals surface area contributed by atoms with Crippen LogP contribution in [0.5, 0.6) is 5.75 Å². The van der Waals surface area contributed by atoms with Gasteiger partial charge in [-0.25, -0.2) is 0 Å². The molecule has 0 unspecified atom stereocenters. The Balaban J connectivity index is 2.86. The van der Waals surface area contributed by atoms with Gasteiger partial charge in [-0.1, -0.05) is 45.4 Å². The first kappa shape index (κ1) is 12.1.